The van der Waals surface area contributed by atoms with E-state index >= 15 is 0 Å². The third kappa shape index (κ3) is 1.92. The molecule has 1 heterocycles. The third-order valence-corrected chi connectivity index (χ3v) is 3.12. The minimum absolute atomic E-state index is 0.0440. The van der Waals surface area contributed by atoms with Crippen molar-refractivity contribution in [1.29, 1.82) is 0 Å². The molecule has 4 nitrogen and oxygen atoms in total. The number of hydrogen-bond donors (Lipinski definition) is 1. The van der Waals surface area contributed by atoms with Crippen molar-refractivity contribution in [2.45, 2.75) is 13.0 Å². The van der Waals surface area contributed by atoms with Crippen LogP contribution in [0.25, 0.3) is 10.2 Å². The molecule has 0 aliphatic rings. The lowest BCUT2D eigenvalue weighted by Gasteiger charge is -2.00. The second-order valence-corrected chi connectivity index (χ2v) is 4.20. The quantitative estimate of drug-likeness (QED) is 0.839. The first kappa shape index (κ1) is 9.92. The van der Waals surface area contributed by atoms with Crippen LogP contribution in [-0.4, -0.2) is 10.5 Å². The number of rotatable bonds is 3. The standard InChI is InChI=1S/C10H10N2O2S/c11-9(13)5-6-12-7-3-1-2-4-8(7)15-10(12)14/h1-4H,5-6H2,(H2,11,13). The number of carbonyl (C=O) groups is 1. The van der Waals surface area contributed by atoms with E-state index in [4.69, 9.17) is 5.73 Å². The zero-order valence-electron chi connectivity index (χ0n) is 7.97. The van der Waals surface area contributed by atoms with Gasteiger partial charge in [-0.05, 0) is 12.1 Å². The van der Waals surface area contributed by atoms with E-state index in [-0.39, 0.29) is 11.3 Å². The van der Waals surface area contributed by atoms with Gasteiger partial charge in [-0.3, -0.25) is 14.2 Å². The molecular weight excluding hydrogens is 212 g/mol. The first-order valence-electron chi connectivity index (χ1n) is 4.55. The molecule has 0 saturated heterocycles. The fraction of sp³-hybridized carbons (Fsp3) is 0.200. The first-order valence-corrected chi connectivity index (χ1v) is 5.37. The summed E-state index contributed by atoms with van der Waals surface area (Å²) >= 11 is 1.19. The lowest BCUT2D eigenvalue weighted by atomic mass is 10.3. The number of hydrogen-bond acceptors (Lipinski definition) is 3. The topological polar surface area (TPSA) is 65.1 Å². The van der Waals surface area contributed by atoms with Crippen LogP contribution in [0.2, 0.25) is 0 Å². The summed E-state index contributed by atoms with van der Waals surface area (Å²) < 4.78 is 2.53. The zero-order chi connectivity index (χ0) is 10.8. The van der Waals surface area contributed by atoms with Gasteiger partial charge < -0.3 is 5.73 Å². The third-order valence-electron chi connectivity index (χ3n) is 2.16. The van der Waals surface area contributed by atoms with Gasteiger partial charge in [-0.25, -0.2) is 0 Å². The predicted molar refractivity (Wildman–Crippen MR) is 59.9 cm³/mol. The van der Waals surface area contributed by atoms with E-state index in [1.54, 1.807) is 4.57 Å². The highest BCUT2D eigenvalue weighted by Crippen LogP contribution is 2.16. The summed E-state index contributed by atoms with van der Waals surface area (Å²) in [7, 11) is 0. The van der Waals surface area contributed by atoms with E-state index in [2.05, 4.69) is 0 Å². The van der Waals surface area contributed by atoms with E-state index in [0.717, 1.165) is 10.2 Å². The second kappa shape index (κ2) is 3.86. The minimum Gasteiger partial charge on any atom is -0.370 e. The van der Waals surface area contributed by atoms with Crippen LogP contribution < -0.4 is 10.6 Å². The summed E-state index contributed by atoms with van der Waals surface area (Å²) in [6, 6.07) is 7.52. The number of para-hydroxylation sites is 1. The van der Waals surface area contributed by atoms with E-state index in [9.17, 15) is 9.59 Å². The summed E-state index contributed by atoms with van der Waals surface area (Å²) in [5.41, 5.74) is 5.92. The molecular formula is C10H10N2O2S. The Morgan fingerprint density at radius 2 is 2.13 bits per heavy atom. The molecule has 15 heavy (non-hydrogen) atoms. The fourth-order valence-electron chi connectivity index (χ4n) is 1.45. The van der Waals surface area contributed by atoms with Crippen molar-refractivity contribution in [3.8, 4) is 0 Å². The molecule has 0 saturated carbocycles. The molecule has 2 rings (SSSR count). The van der Waals surface area contributed by atoms with E-state index in [1.807, 2.05) is 24.3 Å². The van der Waals surface area contributed by atoms with Crippen molar-refractivity contribution >= 4 is 27.5 Å². The van der Waals surface area contributed by atoms with Gasteiger partial charge in [0.25, 0.3) is 0 Å². The van der Waals surface area contributed by atoms with E-state index in [0.29, 0.717) is 6.54 Å². The highest BCUT2D eigenvalue weighted by Gasteiger charge is 2.06. The van der Waals surface area contributed by atoms with Crippen molar-refractivity contribution < 1.29 is 4.79 Å². The average Bonchev–Trinajstić information content (AvgIpc) is 2.50. The number of thiazole rings is 1. The van der Waals surface area contributed by atoms with Crippen LogP contribution in [0, 0.1) is 0 Å². The van der Waals surface area contributed by atoms with E-state index < -0.39 is 5.91 Å². The minimum atomic E-state index is -0.391. The van der Waals surface area contributed by atoms with Gasteiger partial charge in [0.2, 0.25) is 5.91 Å². The number of carbonyl (C=O) groups excluding carboxylic acids is 1. The number of aryl methyl sites for hydroxylation is 1. The van der Waals surface area contributed by atoms with E-state index in [1.165, 1.54) is 11.3 Å². The SMILES string of the molecule is NC(=O)CCn1c(=O)sc2ccccc21. The lowest BCUT2D eigenvalue weighted by Crippen LogP contribution is -2.19. The number of fused-ring (bicyclic) bond motifs is 1. The molecule has 0 fully saturated rings. The summed E-state index contributed by atoms with van der Waals surface area (Å²) in [4.78, 5) is 22.2. The monoisotopic (exact) mass is 222 g/mol. The molecule has 1 amide bonds. The second-order valence-electron chi connectivity index (χ2n) is 3.20. The number of nitrogens with zero attached hydrogens (tertiary/aromatic N) is 1. The van der Waals surface area contributed by atoms with Gasteiger partial charge >= 0.3 is 4.87 Å². The molecule has 0 unspecified atom stereocenters. The Hall–Kier alpha value is -1.62. The van der Waals surface area contributed by atoms with Gasteiger partial charge in [0, 0.05) is 13.0 Å². The maximum Gasteiger partial charge on any atom is 0.308 e. The molecule has 2 N–H and O–H groups in total. The predicted octanol–water partition coefficient (Wildman–Crippen LogP) is 0.938. The molecule has 0 aliphatic heterocycles. The van der Waals surface area contributed by atoms with Crippen LogP contribution in [0.4, 0.5) is 0 Å². The molecule has 5 heteroatoms. The van der Waals surface area contributed by atoms with Crippen LogP contribution in [0.1, 0.15) is 6.42 Å². The summed E-state index contributed by atoms with van der Waals surface area (Å²) in [6.45, 7) is 0.359. The highest BCUT2D eigenvalue weighted by molar-refractivity contribution is 7.16. The van der Waals surface area contributed by atoms with Crippen LogP contribution in [0.3, 0.4) is 0 Å². The summed E-state index contributed by atoms with van der Waals surface area (Å²) in [5.74, 6) is -0.391. The Bertz CT molecular complexity index is 556. The maximum absolute atomic E-state index is 11.6. The highest BCUT2D eigenvalue weighted by atomic mass is 32.1. The van der Waals surface area contributed by atoms with Crippen molar-refractivity contribution in [2.75, 3.05) is 0 Å². The van der Waals surface area contributed by atoms with Gasteiger partial charge in [0.05, 0.1) is 10.2 Å². The number of amides is 1. The molecule has 1 aromatic heterocycles. The largest absolute Gasteiger partial charge is 0.370 e. The average molecular weight is 222 g/mol. The summed E-state index contributed by atoms with van der Waals surface area (Å²) in [5, 5.41) is 0. The number of benzene rings is 1. The molecule has 0 atom stereocenters. The van der Waals surface area contributed by atoms with Crippen LogP contribution in [0.5, 0.6) is 0 Å². The van der Waals surface area contributed by atoms with Crippen molar-refractivity contribution in [1.82, 2.24) is 4.57 Å². The summed E-state index contributed by atoms with van der Waals surface area (Å²) in [6.07, 6.45) is 0.195. The molecule has 0 radical (unpaired) electrons. The Balaban J connectivity index is 2.45. The van der Waals surface area contributed by atoms with Crippen LogP contribution in [-0.2, 0) is 11.3 Å². The van der Waals surface area contributed by atoms with Gasteiger partial charge in [-0.1, -0.05) is 23.5 Å². The van der Waals surface area contributed by atoms with Crippen LogP contribution in [0.15, 0.2) is 29.1 Å². The Kier molecular flexibility index (Phi) is 2.55. The molecule has 0 aliphatic carbocycles. The fourth-order valence-corrected chi connectivity index (χ4v) is 2.37. The first-order chi connectivity index (χ1) is 7.18. The number of primary amides is 1. The van der Waals surface area contributed by atoms with Crippen molar-refractivity contribution in [3.63, 3.8) is 0 Å². The molecule has 0 bridgehead atoms. The lowest BCUT2D eigenvalue weighted by molar-refractivity contribution is -0.118. The molecule has 78 valence electrons. The maximum atomic E-state index is 11.6. The van der Waals surface area contributed by atoms with Gasteiger partial charge in [-0.15, -0.1) is 0 Å². The van der Waals surface area contributed by atoms with Gasteiger partial charge in [0.15, 0.2) is 0 Å². The molecule has 0 spiro atoms. The van der Waals surface area contributed by atoms with Crippen molar-refractivity contribution in [3.05, 3.63) is 33.9 Å². The van der Waals surface area contributed by atoms with Crippen molar-refractivity contribution in [2.24, 2.45) is 5.73 Å². The molecule has 2 aromatic rings. The number of aromatic nitrogens is 1. The normalized spacial score (nSPS) is 10.7. The zero-order valence-corrected chi connectivity index (χ0v) is 8.79. The van der Waals surface area contributed by atoms with Gasteiger partial charge in [-0.2, -0.15) is 0 Å². The van der Waals surface area contributed by atoms with Crippen LogP contribution >= 0.6 is 11.3 Å². The number of nitrogens with two attached hydrogens (primary N) is 1. The smallest absolute Gasteiger partial charge is 0.308 e. The van der Waals surface area contributed by atoms with Gasteiger partial charge in [0.1, 0.15) is 0 Å². The Labute approximate surface area is 89.9 Å². The Morgan fingerprint density at radius 3 is 2.87 bits per heavy atom. The molecule has 1 aromatic carbocycles. The Morgan fingerprint density at radius 1 is 1.40 bits per heavy atom.